The molecule has 6 aromatic rings. The summed E-state index contributed by atoms with van der Waals surface area (Å²) >= 11 is 0. The van der Waals surface area contributed by atoms with Crippen molar-refractivity contribution >= 4 is 21.9 Å². The summed E-state index contributed by atoms with van der Waals surface area (Å²) in [6.07, 6.45) is 2.96. The third-order valence-electron chi connectivity index (χ3n) is 5.84. The summed E-state index contributed by atoms with van der Waals surface area (Å²) in [6, 6.07) is 28.0. The first-order valence-corrected chi connectivity index (χ1v) is 11.4. The second kappa shape index (κ2) is 9.84. The van der Waals surface area contributed by atoms with Crippen molar-refractivity contribution < 1.29 is 13.2 Å². The first kappa shape index (κ1) is 23.0. The Morgan fingerprint density at radius 2 is 1.11 bits per heavy atom. The van der Waals surface area contributed by atoms with Crippen molar-refractivity contribution in [1.29, 1.82) is 0 Å². The van der Waals surface area contributed by atoms with Crippen LogP contribution in [0.4, 0.5) is 4.39 Å². The Hall–Kier alpha value is -4.77. The van der Waals surface area contributed by atoms with Crippen molar-refractivity contribution in [3.63, 3.8) is 0 Å². The van der Waals surface area contributed by atoms with Crippen LogP contribution in [0.25, 0.3) is 44.2 Å². The molecule has 0 aliphatic rings. The molecule has 0 radical (unpaired) electrons. The van der Waals surface area contributed by atoms with Gasteiger partial charge in [0.15, 0.2) is 10.9 Å². The molecule has 6 rings (SSSR count). The van der Waals surface area contributed by atoms with Gasteiger partial charge >= 0.3 is 0 Å². The van der Waals surface area contributed by atoms with Crippen molar-refractivity contribution in [3.8, 4) is 22.3 Å². The second-order valence-corrected chi connectivity index (χ2v) is 8.33. The monoisotopic (exact) mass is 476 g/mol. The van der Waals surface area contributed by atoms with Gasteiger partial charge in [0.05, 0.1) is 21.9 Å². The molecule has 36 heavy (non-hydrogen) atoms. The molecule has 0 amide bonds. The van der Waals surface area contributed by atoms with Gasteiger partial charge in [0.1, 0.15) is 29.5 Å². The van der Waals surface area contributed by atoms with Crippen LogP contribution in [-0.4, -0.2) is 0 Å². The average molecular weight is 477 g/mol. The third kappa shape index (κ3) is 4.59. The van der Waals surface area contributed by atoms with Crippen LogP contribution in [0.2, 0.25) is 0 Å². The Balaban J connectivity index is 0.000000148. The normalized spacial score (nSPS) is 10.7. The van der Waals surface area contributed by atoms with Gasteiger partial charge in [-0.1, -0.05) is 66.2 Å². The fraction of sp³-hybridized carbons (Fsp3) is 0.0323. The SMILES string of the molecule is Cc1cccc(-c2coc3ccccc3c2=O)c1.O=c1c(-c2ccc(F)cc2)coc2ccccc12. The van der Waals surface area contributed by atoms with E-state index < -0.39 is 0 Å². The maximum Gasteiger partial charge on any atom is 0.200 e. The van der Waals surface area contributed by atoms with E-state index in [1.807, 2.05) is 49.4 Å². The van der Waals surface area contributed by atoms with Crippen molar-refractivity contribution in [1.82, 2.24) is 0 Å². The van der Waals surface area contributed by atoms with Crippen LogP contribution < -0.4 is 10.9 Å². The molecule has 0 aliphatic heterocycles. The fourth-order valence-corrected chi connectivity index (χ4v) is 4.00. The summed E-state index contributed by atoms with van der Waals surface area (Å²) in [5.41, 5.74) is 4.80. The van der Waals surface area contributed by atoms with Gasteiger partial charge in [0, 0.05) is 0 Å². The molecule has 0 spiro atoms. The van der Waals surface area contributed by atoms with Crippen molar-refractivity contribution in [3.05, 3.63) is 141 Å². The van der Waals surface area contributed by atoms with E-state index >= 15 is 0 Å². The van der Waals surface area contributed by atoms with Gasteiger partial charge in [0.2, 0.25) is 0 Å². The summed E-state index contributed by atoms with van der Waals surface area (Å²) in [5.74, 6) is -0.330. The lowest BCUT2D eigenvalue weighted by Gasteiger charge is -2.03. The molecule has 5 heteroatoms. The second-order valence-electron chi connectivity index (χ2n) is 8.33. The van der Waals surface area contributed by atoms with Crippen LogP contribution in [0.15, 0.2) is 128 Å². The minimum Gasteiger partial charge on any atom is -0.463 e. The Morgan fingerprint density at radius 3 is 1.67 bits per heavy atom. The molecule has 0 atom stereocenters. The number of aryl methyl sites for hydroxylation is 1. The number of fused-ring (bicyclic) bond motifs is 2. The van der Waals surface area contributed by atoms with E-state index in [4.69, 9.17) is 8.83 Å². The Kier molecular flexibility index (Phi) is 6.29. The molecule has 0 aliphatic carbocycles. The minimum atomic E-state index is -0.330. The molecule has 0 saturated heterocycles. The number of hydrogen-bond acceptors (Lipinski definition) is 4. The number of halogens is 1. The van der Waals surface area contributed by atoms with Gasteiger partial charge in [-0.25, -0.2) is 4.39 Å². The smallest absolute Gasteiger partial charge is 0.200 e. The zero-order chi connectivity index (χ0) is 25.1. The van der Waals surface area contributed by atoms with Gasteiger partial charge < -0.3 is 8.83 Å². The molecule has 0 N–H and O–H groups in total. The summed E-state index contributed by atoms with van der Waals surface area (Å²) in [7, 11) is 0. The minimum absolute atomic E-state index is 0.0162. The summed E-state index contributed by atoms with van der Waals surface area (Å²) in [6.45, 7) is 2.01. The van der Waals surface area contributed by atoms with E-state index in [0.717, 1.165) is 11.1 Å². The summed E-state index contributed by atoms with van der Waals surface area (Å²) < 4.78 is 23.8. The third-order valence-corrected chi connectivity index (χ3v) is 5.84. The first-order chi connectivity index (χ1) is 17.5. The number of hydrogen-bond donors (Lipinski definition) is 0. The van der Waals surface area contributed by atoms with Gasteiger partial charge in [-0.15, -0.1) is 0 Å². The van der Waals surface area contributed by atoms with Crippen LogP contribution in [0.3, 0.4) is 0 Å². The fourth-order valence-electron chi connectivity index (χ4n) is 4.00. The van der Waals surface area contributed by atoms with Crippen LogP contribution >= 0.6 is 0 Å². The average Bonchev–Trinajstić information content (AvgIpc) is 2.91. The van der Waals surface area contributed by atoms with E-state index in [0.29, 0.717) is 38.6 Å². The molecule has 4 nitrogen and oxygen atoms in total. The van der Waals surface area contributed by atoms with Gasteiger partial charge in [-0.05, 0) is 54.4 Å². The van der Waals surface area contributed by atoms with E-state index in [-0.39, 0.29) is 16.7 Å². The maximum atomic E-state index is 12.9. The lowest BCUT2D eigenvalue weighted by atomic mass is 10.0. The Labute approximate surface area is 205 Å². The molecule has 0 unspecified atom stereocenters. The van der Waals surface area contributed by atoms with E-state index in [1.165, 1.54) is 18.4 Å². The lowest BCUT2D eigenvalue weighted by Crippen LogP contribution is -2.04. The van der Waals surface area contributed by atoms with Crippen molar-refractivity contribution in [2.24, 2.45) is 0 Å². The summed E-state index contributed by atoms with van der Waals surface area (Å²) in [4.78, 5) is 24.6. The van der Waals surface area contributed by atoms with Crippen molar-refractivity contribution in [2.75, 3.05) is 0 Å². The molecule has 0 bridgehead atoms. The molecule has 2 aromatic heterocycles. The topological polar surface area (TPSA) is 60.4 Å². The number of benzene rings is 4. The Bertz CT molecular complexity index is 1800. The van der Waals surface area contributed by atoms with Gasteiger partial charge in [0.25, 0.3) is 0 Å². The lowest BCUT2D eigenvalue weighted by molar-refractivity contribution is 0.604. The number of para-hydroxylation sites is 2. The molecule has 2 heterocycles. The standard InChI is InChI=1S/C16H12O2.C15H9FO2/c1-11-5-4-6-12(9-11)14-10-18-15-8-3-2-7-13(15)16(14)17;16-11-7-5-10(6-8-11)13-9-18-14-4-2-1-3-12(14)15(13)17/h2-10H,1H3;1-9H. The van der Waals surface area contributed by atoms with Gasteiger partial charge in [-0.2, -0.15) is 0 Å². The van der Waals surface area contributed by atoms with Crippen molar-refractivity contribution in [2.45, 2.75) is 6.92 Å². The number of rotatable bonds is 2. The quantitative estimate of drug-likeness (QED) is 0.262. The highest BCUT2D eigenvalue weighted by Gasteiger charge is 2.09. The van der Waals surface area contributed by atoms with Crippen LogP contribution in [0.1, 0.15) is 5.56 Å². The van der Waals surface area contributed by atoms with Crippen LogP contribution in [0, 0.1) is 12.7 Å². The van der Waals surface area contributed by atoms with E-state index in [9.17, 15) is 14.0 Å². The zero-order valence-corrected chi connectivity index (χ0v) is 19.4. The predicted octanol–water partition coefficient (Wildman–Crippen LogP) is 7.37. The molecule has 0 fully saturated rings. The molecular formula is C31H21FO4. The largest absolute Gasteiger partial charge is 0.463 e. The molecule has 0 saturated carbocycles. The van der Waals surface area contributed by atoms with Gasteiger partial charge in [-0.3, -0.25) is 9.59 Å². The van der Waals surface area contributed by atoms with Crippen LogP contribution in [0.5, 0.6) is 0 Å². The van der Waals surface area contributed by atoms with E-state index in [1.54, 1.807) is 48.7 Å². The molecule has 176 valence electrons. The van der Waals surface area contributed by atoms with E-state index in [2.05, 4.69) is 0 Å². The highest BCUT2D eigenvalue weighted by molar-refractivity contribution is 5.82. The molecule has 4 aromatic carbocycles. The highest BCUT2D eigenvalue weighted by Crippen LogP contribution is 2.21. The Morgan fingerprint density at radius 1 is 0.583 bits per heavy atom. The molecular weight excluding hydrogens is 455 g/mol. The zero-order valence-electron chi connectivity index (χ0n) is 19.4. The highest BCUT2D eigenvalue weighted by atomic mass is 19.1. The first-order valence-electron chi connectivity index (χ1n) is 11.4. The predicted molar refractivity (Wildman–Crippen MR) is 141 cm³/mol. The summed E-state index contributed by atoms with van der Waals surface area (Å²) in [5, 5.41) is 1.15. The maximum absolute atomic E-state index is 12.9. The van der Waals surface area contributed by atoms with Crippen LogP contribution in [-0.2, 0) is 0 Å².